The largest absolute Gasteiger partial charge is 0.383 e. The zero-order chi connectivity index (χ0) is 16.1. The van der Waals surface area contributed by atoms with Crippen LogP contribution in [0.25, 0.3) is 5.57 Å². The number of hydrogen-bond acceptors (Lipinski definition) is 4. The molecule has 4 heteroatoms. The maximum Gasteiger partial charge on any atom is 0.131 e. The van der Waals surface area contributed by atoms with Gasteiger partial charge in [0.25, 0.3) is 0 Å². The van der Waals surface area contributed by atoms with Gasteiger partial charge in [0, 0.05) is 12.0 Å². The first-order valence-electron chi connectivity index (χ1n) is 9.35. The monoisotopic (exact) mass is 314 g/mol. The van der Waals surface area contributed by atoms with E-state index in [9.17, 15) is 0 Å². The third-order valence-corrected chi connectivity index (χ3v) is 5.07. The molecule has 3 rings (SSSR count). The Morgan fingerprint density at radius 3 is 2.70 bits per heavy atom. The summed E-state index contributed by atoms with van der Waals surface area (Å²) < 4.78 is 0. The van der Waals surface area contributed by atoms with Crippen LogP contribution in [0.4, 0.5) is 5.82 Å². The molecule has 1 aromatic rings. The van der Waals surface area contributed by atoms with E-state index in [4.69, 9.17) is 10.7 Å². The Morgan fingerprint density at radius 2 is 1.96 bits per heavy atom. The van der Waals surface area contributed by atoms with Gasteiger partial charge in [-0.05, 0) is 63.7 Å². The van der Waals surface area contributed by atoms with Crippen molar-refractivity contribution in [2.24, 2.45) is 0 Å². The Kier molecular flexibility index (Phi) is 5.65. The Hall–Kier alpha value is -1.42. The molecule has 0 amide bonds. The van der Waals surface area contributed by atoms with Crippen molar-refractivity contribution in [2.75, 3.05) is 25.4 Å². The van der Waals surface area contributed by atoms with Crippen LogP contribution in [0.15, 0.2) is 6.08 Å². The lowest BCUT2D eigenvalue weighted by molar-refractivity contribution is 0.178. The van der Waals surface area contributed by atoms with Gasteiger partial charge >= 0.3 is 0 Å². The number of fused-ring (bicyclic) bond motifs is 1. The molecule has 126 valence electrons. The van der Waals surface area contributed by atoms with E-state index in [1.54, 1.807) is 0 Å². The summed E-state index contributed by atoms with van der Waals surface area (Å²) in [7, 11) is 0. The van der Waals surface area contributed by atoms with Gasteiger partial charge in [-0.25, -0.2) is 9.97 Å². The normalized spacial score (nSPS) is 17.0. The van der Waals surface area contributed by atoms with E-state index in [1.807, 2.05) is 0 Å². The molecular weight excluding hydrogens is 284 g/mol. The van der Waals surface area contributed by atoms with Crippen molar-refractivity contribution in [3.8, 4) is 0 Å². The van der Waals surface area contributed by atoms with Gasteiger partial charge in [0.2, 0.25) is 0 Å². The summed E-state index contributed by atoms with van der Waals surface area (Å²) in [6, 6.07) is 0. The highest BCUT2D eigenvalue weighted by Gasteiger charge is 2.20. The zero-order valence-electron chi connectivity index (χ0n) is 14.5. The van der Waals surface area contributed by atoms with E-state index in [1.165, 1.54) is 57.3 Å². The van der Waals surface area contributed by atoms with Crippen molar-refractivity contribution in [3.05, 3.63) is 23.2 Å². The standard InChI is InChI=1S/C19H30N4/c1-2-3-9-17-21-18-15(10-11-16(18)19(20)22-17)8-5-4-6-12-23-13-7-14-23/h10H,2-9,11-14H2,1H3,(H2,20,21,22). The number of hydrogen-bond donors (Lipinski definition) is 1. The van der Waals surface area contributed by atoms with Crippen LogP contribution in [0.3, 0.4) is 0 Å². The molecule has 4 nitrogen and oxygen atoms in total. The number of nitrogens with two attached hydrogens (primary N) is 1. The van der Waals surface area contributed by atoms with Crippen LogP contribution in [0.2, 0.25) is 0 Å². The number of nitrogens with zero attached hydrogens (tertiary/aromatic N) is 3. The lowest BCUT2D eigenvalue weighted by atomic mass is 10.0. The van der Waals surface area contributed by atoms with Gasteiger partial charge in [0.1, 0.15) is 11.6 Å². The summed E-state index contributed by atoms with van der Waals surface area (Å²) in [4.78, 5) is 11.9. The highest BCUT2D eigenvalue weighted by molar-refractivity contribution is 5.73. The van der Waals surface area contributed by atoms with E-state index in [0.717, 1.165) is 42.8 Å². The van der Waals surface area contributed by atoms with Crippen molar-refractivity contribution < 1.29 is 0 Å². The topological polar surface area (TPSA) is 55.0 Å². The second-order valence-corrected chi connectivity index (χ2v) is 6.90. The second-order valence-electron chi connectivity index (χ2n) is 6.90. The van der Waals surface area contributed by atoms with E-state index < -0.39 is 0 Å². The Balaban J connectivity index is 1.51. The van der Waals surface area contributed by atoms with Crippen molar-refractivity contribution in [1.82, 2.24) is 14.9 Å². The summed E-state index contributed by atoms with van der Waals surface area (Å²) >= 11 is 0. The van der Waals surface area contributed by atoms with E-state index in [-0.39, 0.29) is 0 Å². The van der Waals surface area contributed by atoms with Crippen molar-refractivity contribution >= 4 is 11.4 Å². The molecule has 0 radical (unpaired) electrons. The van der Waals surface area contributed by atoms with Crippen LogP contribution in [-0.4, -0.2) is 34.5 Å². The first-order valence-corrected chi connectivity index (χ1v) is 9.35. The lowest BCUT2D eigenvalue weighted by Gasteiger charge is -2.30. The third-order valence-electron chi connectivity index (χ3n) is 5.07. The van der Waals surface area contributed by atoms with Crippen molar-refractivity contribution in [2.45, 2.75) is 64.7 Å². The van der Waals surface area contributed by atoms with Crippen molar-refractivity contribution in [1.29, 1.82) is 0 Å². The quantitative estimate of drug-likeness (QED) is 0.708. The molecule has 1 aromatic heterocycles. The minimum atomic E-state index is 0.699. The lowest BCUT2D eigenvalue weighted by Crippen LogP contribution is -2.37. The maximum absolute atomic E-state index is 6.15. The van der Waals surface area contributed by atoms with Gasteiger partial charge in [-0.2, -0.15) is 0 Å². The van der Waals surface area contributed by atoms with E-state index in [0.29, 0.717) is 5.82 Å². The molecule has 0 saturated carbocycles. The smallest absolute Gasteiger partial charge is 0.131 e. The second kappa shape index (κ2) is 7.91. The summed E-state index contributed by atoms with van der Waals surface area (Å²) in [6.07, 6.45) is 12.9. The van der Waals surface area contributed by atoms with Gasteiger partial charge < -0.3 is 10.6 Å². The molecule has 1 saturated heterocycles. The zero-order valence-corrected chi connectivity index (χ0v) is 14.5. The molecule has 0 atom stereocenters. The van der Waals surface area contributed by atoms with Gasteiger partial charge in [-0.1, -0.05) is 25.8 Å². The third kappa shape index (κ3) is 4.11. The summed E-state index contributed by atoms with van der Waals surface area (Å²) in [5, 5.41) is 0. The molecule has 0 bridgehead atoms. The fourth-order valence-electron chi connectivity index (χ4n) is 3.44. The van der Waals surface area contributed by atoms with Crippen LogP contribution in [0.5, 0.6) is 0 Å². The molecule has 2 N–H and O–H groups in total. The number of likely N-dealkylation sites (tertiary alicyclic amines) is 1. The highest BCUT2D eigenvalue weighted by atomic mass is 15.2. The molecule has 1 aliphatic heterocycles. The molecule has 0 aromatic carbocycles. The number of anilines is 1. The molecule has 0 unspecified atom stereocenters. The Labute approximate surface area is 140 Å². The van der Waals surface area contributed by atoms with Gasteiger partial charge in [0.05, 0.1) is 5.69 Å². The molecule has 2 heterocycles. The maximum atomic E-state index is 6.15. The van der Waals surface area contributed by atoms with Crippen molar-refractivity contribution in [3.63, 3.8) is 0 Å². The number of aromatic nitrogens is 2. The fraction of sp³-hybridized carbons (Fsp3) is 0.684. The number of unbranched alkanes of at least 4 members (excludes halogenated alkanes) is 3. The Bertz CT molecular complexity index is 561. The first-order chi connectivity index (χ1) is 11.3. The predicted octanol–water partition coefficient (Wildman–Crippen LogP) is 3.61. The fourth-order valence-corrected chi connectivity index (χ4v) is 3.44. The predicted molar refractivity (Wildman–Crippen MR) is 96.3 cm³/mol. The molecule has 23 heavy (non-hydrogen) atoms. The molecule has 2 aliphatic rings. The first kappa shape index (κ1) is 16.4. The molecule has 1 aliphatic carbocycles. The minimum Gasteiger partial charge on any atom is -0.383 e. The highest BCUT2D eigenvalue weighted by Crippen LogP contribution is 2.32. The van der Waals surface area contributed by atoms with Gasteiger partial charge in [-0.3, -0.25) is 0 Å². The SMILES string of the molecule is CCCCc1nc(N)c2c(n1)C(CCCCCN1CCC1)=CC2. The average molecular weight is 314 g/mol. The number of aryl methyl sites for hydroxylation is 1. The van der Waals surface area contributed by atoms with Crippen LogP contribution in [-0.2, 0) is 12.8 Å². The number of rotatable bonds is 9. The summed E-state index contributed by atoms with van der Waals surface area (Å²) in [5.74, 6) is 1.62. The molecule has 1 fully saturated rings. The number of allylic oxidation sites excluding steroid dienone is 2. The van der Waals surface area contributed by atoms with Crippen LogP contribution in [0.1, 0.15) is 69.0 Å². The van der Waals surface area contributed by atoms with Gasteiger partial charge in [0.15, 0.2) is 0 Å². The molecular formula is C19H30N4. The Morgan fingerprint density at radius 1 is 1.09 bits per heavy atom. The summed E-state index contributed by atoms with van der Waals surface area (Å²) in [6.45, 7) is 6.11. The van der Waals surface area contributed by atoms with Crippen LogP contribution in [0, 0.1) is 0 Å². The van der Waals surface area contributed by atoms with Crippen LogP contribution < -0.4 is 5.73 Å². The van der Waals surface area contributed by atoms with E-state index in [2.05, 4.69) is 22.9 Å². The van der Waals surface area contributed by atoms with E-state index >= 15 is 0 Å². The van der Waals surface area contributed by atoms with Gasteiger partial charge in [-0.15, -0.1) is 0 Å². The summed E-state index contributed by atoms with van der Waals surface area (Å²) in [5.41, 5.74) is 9.85. The number of nitrogen functional groups attached to an aromatic ring is 1. The van der Waals surface area contributed by atoms with Crippen LogP contribution >= 0.6 is 0 Å². The molecule has 0 spiro atoms. The average Bonchev–Trinajstić information content (AvgIpc) is 2.90. The minimum absolute atomic E-state index is 0.699.